The van der Waals surface area contributed by atoms with E-state index in [1.165, 1.54) is 4.68 Å². The Labute approximate surface area is 129 Å². The number of carbonyl (C=O) groups excluding carboxylic acids is 1. The van der Waals surface area contributed by atoms with E-state index in [1.807, 2.05) is 65.1 Å². The van der Waals surface area contributed by atoms with Gasteiger partial charge >= 0.3 is 0 Å². The molecule has 1 N–H and O–H groups in total. The summed E-state index contributed by atoms with van der Waals surface area (Å²) in [5, 5.41) is 9.18. The lowest BCUT2D eigenvalue weighted by Crippen LogP contribution is -2.19. The highest BCUT2D eigenvalue weighted by atomic mass is 127. The number of aromatic nitrogens is 3. The highest BCUT2D eigenvalue weighted by Gasteiger charge is 2.05. The molecular weight excluding hydrogens is 367 g/mol. The molecular formula is C14H11IN4O. The molecule has 100 valence electrons. The van der Waals surface area contributed by atoms with Crippen molar-refractivity contribution in [2.45, 2.75) is 6.54 Å². The van der Waals surface area contributed by atoms with Gasteiger partial charge in [-0.25, -0.2) is 9.67 Å². The number of hydrogen-bond donors (Lipinski definition) is 1. The van der Waals surface area contributed by atoms with Crippen molar-refractivity contribution in [1.82, 2.24) is 14.8 Å². The van der Waals surface area contributed by atoms with Crippen LogP contribution in [0.4, 0.5) is 5.69 Å². The Kier molecular flexibility index (Phi) is 3.64. The van der Waals surface area contributed by atoms with Gasteiger partial charge in [0, 0.05) is 28.3 Å². The maximum absolute atomic E-state index is 11.9. The van der Waals surface area contributed by atoms with E-state index < -0.39 is 0 Å². The lowest BCUT2D eigenvalue weighted by molar-refractivity contribution is -0.116. The normalized spacial score (nSPS) is 10.7. The Morgan fingerprint density at radius 3 is 2.75 bits per heavy atom. The fraction of sp³-hybridized carbons (Fsp3) is 0.0714. The van der Waals surface area contributed by atoms with E-state index in [4.69, 9.17) is 0 Å². The standard InChI is InChI=1S/C14H11IN4O/c15-14-16-9-19(18-14)8-13(20)17-12-6-5-10-3-1-2-4-11(10)7-12/h1-7,9H,8H2,(H,17,20). The van der Waals surface area contributed by atoms with Crippen LogP contribution in [0.3, 0.4) is 0 Å². The lowest BCUT2D eigenvalue weighted by Gasteiger charge is -2.06. The summed E-state index contributed by atoms with van der Waals surface area (Å²) in [7, 11) is 0. The molecule has 3 rings (SSSR count). The molecule has 1 heterocycles. The molecule has 0 aliphatic heterocycles. The average molecular weight is 378 g/mol. The van der Waals surface area contributed by atoms with Crippen LogP contribution in [0.1, 0.15) is 0 Å². The summed E-state index contributed by atoms with van der Waals surface area (Å²) >= 11 is 2.01. The van der Waals surface area contributed by atoms with Crippen molar-refractivity contribution in [1.29, 1.82) is 0 Å². The van der Waals surface area contributed by atoms with Crippen LogP contribution in [-0.2, 0) is 11.3 Å². The van der Waals surface area contributed by atoms with Gasteiger partial charge in [-0.2, -0.15) is 0 Å². The molecule has 0 radical (unpaired) electrons. The van der Waals surface area contributed by atoms with Crippen LogP contribution in [0.2, 0.25) is 0 Å². The number of hydrogen-bond acceptors (Lipinski definition) is 3. The highest BCUT2D eigenvalue weighted by Crippen LogP contribution is 2.18. The molecule has 0 saturated heterocycles. The van der Waals surface area contributed by atoms with E-state index in [9.17, 15) is 4.79 Å². The van der Waals surface area contributed by atoms with E-state index in [2.05, 4.69) is 15.4 Å². The Morgan fingerprint density at radius 2 is 2.00 bits per heavy atom. The van der Waals surface area contributed by atoms with Crippen LogP contribution in [0, 0.1) is 3.83 Å². The first-order valence-electron chi connectivity index (χ1n) is 6.04. The van der Waals surface area contributed by atoms with E-state index >= 15 is 0 Å². The number of nitrogens with one attached hydrogen (secondary N) is 1. The Morgan fingerprint density at radius 1 is 1.20 bits per heavy atom. The molecule has 0 bridgehead atoms. The third-order valence-electron chi connectivity index (χ3n) is 2.85. The molecule has 0 unspecified atom stereocenters. The number of anilines is 1. The fourth-order valence-corrected chi connectivity index (χ4v) is 2.36. The van der Waals surface area contributed by atoms with Gasteiger partial charge in [0.05, 0.1) is 0 Å². The van der Waals surface area contributed by atoms with Crippen molar-refractivity contribution in [3.63, 3.8) is 0 Å². The fourth-order valence-electron chi connectivity index (χ4n) is 1.96. The number of halogens is 1. The van der Waals surface area contributed by atoms with Crippen LogP contribution in [0.5, 0.6) is 0 Å². The van der Waals surface area contributed by atoms with Crippen LogP contribution < -0.4 is 5.32 Å². The van der Waals surface area contributed by atoms with Crippen LogP contribution in [-0.4, -0.2) is 20.7 Å². The summed E-state index contributed by atoms with van der Waals surface area (Å²) in [5.41, 5.74) is 0.781. The second kappa shape index (κ2) is 5.58. The van der Waals surface area contributed by atoms with Gasteiger partial charge in [-0.15, -0.1) is 5.10 Å². The summed E-state index contributed by atoms with van der Waals surface area (Å²) in [6, 6.07) is 13.9. The molecule has 0 spiro atoms. The SMILES string of the molecule is O=C(Cn1cnc(I)n1)Nc1ccc2ccccc2c1. The molecule has 1 aromatic heterocycles. The first-order chi connectivity index (χ1) is 9.70. The number of benzene rings is 2. The van der Waals surface area contributed by atoms with Gasteiger partial charge in [0.25, 0.3) is 0 Å². The van der Waals surface area contributed by atoms with Gasteiger partial charge in [-0.05, 0) is 22.9 Å². The summed E-state index contributed by atoms with van der Waals surface area (Å²) < 4.78 is 2.14. The second-order valence-electron chi connectivity index (χ2n) is 4.32. The number of amides is 1. The maximum atomic E-state index is 11.9. The average Bonchev–Trinajstić information content (AvgIpc) is 2.83. The molecule has 0 saturated carbocycles. The molecule has 0 aliphatic carbocycles. The molecule has 0 aliphatic rings. The van der Waals surface area contributed by atoms with Crippen molar-refractivity contribution >= 4 is 45.0 Å². The maximum Gasteiger partial charge on any atom is 0.246 e. The van der Waals surface area contributed by atoms with Crippen molar-refractivity contribution < 1.29 is 4.79 Å². The third-order valence-corrected chi connectivity index (χ3v) is 3.34. The van der Waals surface area contributed by atoms with E-state index in [0.29, 0.717) is 3.83 Å². The van der Waals surface area contributed by atoms with Gasteiger partial charge in [-0.3, -0.25) is 4.79 Å². The van der Waals surface area contributed by atoms with E-state index in [0.717, 1.165) is 16.5 Å². The van der Waals surface area contributed by atoms with Gasteiger partial charge in [0.1, 0.15) is 12.9 Å². The minimum atomic E-state index is -0.124. The van der Waals surface area contributed by atoms with Crippen molar-refractivity contribution in [2.24, 2.45) is 0 Å². The molecule has 0 atom stereocenters. The van der Waals surface area contributed by atoms with E-state index in [1.54, 1.807) is 6.33 Å². The molecule has 3 aromatic rings. The lowest BCUT2D eigenvalue weighted by atomic mass is 10.1. The summed E-state index contributed by atoms with van der Waals surface area (Å²) in [6.07, 6.45) is 1.54. The summed E-state index contributed by atoms with van der Waals surface area (Å²) in [5.74, 6) is -0.124. The monoisotopic (exact) mass is 378 g/mol. The first kappa shape index (κ1) is 13.0. The Balaban J connectivity index is 1.73. The first-order valence-corrected chi connectivity index (χ1v) is 7.12. The van der Waals surface area contributed by atoms with Crippen molar-refractivity contribution in [2.75, 3.05) is 5.32 Å². The summed E-state index contributed by atoms with van der Waals surface area (Å²) in [6.45, 7) is 0.156. The Bertz CT molecular complexity index is 768. The molecule has 1 amide bonds. The van der Waals surface area contributed by atoms with E-state index in [-0.39, 0.29) is 12.5 Å². The predicted octanol–water partition coefficient (Wildman–Crippen LogP) is 2.67. The third kappa shape index (κ3) is 2.96. The molecule has 0 fully saturated rings. The van der Waals surface area contributed by atoms with Gasteiger partial charge in [0.2, 0.25) is 9.74 Å². The quantitative estimate of drug-likeness (QED) is 0.713. The minimum absolute atomic E-state index is 0.124. The van der Waals surface area contributed by atoms with Gasteiger partial charge in [-0.1, -0.05) is 30.3 Å². The molecule has 5 nitrogen and oxygen atoms in total. The zero-order valence-electron chi connectivity index (χ0n) is 10.5. The predicted molar refractivity (Wildman–Crippen MR) is 85.3 cm³/mol. The zero-order valence-corrected chi connectivity index (χ0v) is 12.6. The van der Waals surface area contributed by atoms with Crippen molar-refractivity contribution in [3.8, 4) is 0 Å². The van der Waals surface area contributed by atoms with Gasteiger partial charge < -0.3 is 5.32 Å². The summed E-state index contributed by atoms with van der Waals surface area (Å²) in [4.78, 5) is 15.9. The minimum Gasteiger partial charge on any atom is -0.324 e. The van der Waals surface area contributed by atoms with Gasteiger partial charge in [0.15, 0.2) is 0 Å². The topological polar surface area (TPSA) is 59.8 Å². The smallest absolute Gasteiger partial charge is 0.246 e. The number of nitrogens with zero attached hydrogens (tertiary/aromatic N) is 3. The molecule has 2 aromatic carbocycles. The Hall–Kier alpha value is -1.96. The van der Waals surface area contributed by atoms with Crippen LogP contribution in [0.15, 0.2) is 48.8 Å². The number of fused-ring (bicyclic) bond motifs is 1. The largest absolute Gasteiger partial charge is 0.324 e. The number of carbonyl (C=O) groups is 1. The van der Waals surface area contributed by atoms with Crippen LogP contribution >= 0.6 is 22.6 Å². The highest BCUT2D eigenvalue weighted by molar-refractivity contribution is 14.1. The zero-order chi connectivity index (χ0) is 13.9. The molecule has 6 heteroatoms. The second-order valence-corrected chi connectivity index (χ2v) is 5.29. The van der Waals surface area contributed by atoms with Crippen molar-refractivity contribution in [3.05, 3.63) is 52.6 Å². The number of rotatable bonds is 3. The van der Waals surface area contributed by atoms with Crippen LogP contribution in [0.25, 0.3) is 10.8 Å². The molecule has 20 heavy (non-hydrogen) atoms.